The third kappa shape index (κ3) is 4.43. The van der Waals surface area contributed by atoms with E-state index in [9.17, 15) is 8.78 Å². The number of benzene rings is 2. The van der Waals surface area contributed by atoms with E-state index in [4.69, 9.17) is 9.47 Å². The summed E-state index contributed by atoms with van der Waals surface area (Å²) in [5.41, 5.74) is 1.05. The summed E-state index contributed by atoms with van der Waals surface area (Å²) in [6.07, 6.45) is 0. The molecular weight excluding hydrogens is 276 g/mol. The Labute approximate surface area is 122 Å². The van der Waals surface area contributed by atoms with Crippen LogP contribution in [0.5, 0.6) is 11.5 Å². The van der Waals surface area contributed by atoms with Crippen LogP contribution >= 0.6 is 0 Å². The SMILES string of the molecule is CNCc1ccccc1OCCOc1ccc(F)c(F)c1. The minimum atomic E-state index is -0.923. The second-order valence-electron chi connectivity index (χ2n) is 4.41. The van der Waals surface area contributed by atoms with Gasteiger partial charge in [-0.1, -0.05) is 18.2 Å². The zero-order chi connectivity index (χ0) is 15.1. The molecule has 0 aliphatic rings. The van der Waals surface area contributed by atoms with Gasteiger partial charge in [-0.2, -0.15) is 0 Å². The molecule has 0 radical (unpaired) electrons. The zero-order valence-corrected chi connectivity index (χ0v) is 11.7. The molecule has 3 nitrogen and oxygen atoms in total. The van der Waals surface area contributed by atoms with Crippen molar-refractivity contribution < 1.29 is 18.3 Å². The van der Waals surface area contributed by atoms with Gasteiger partial charge in [0.1, 0.15) is 24.7 Å². The molecule has 0 spiro atoms. The lowest BCUT2D eigenvalue weighted by atomic mass is 10.2. The first-order valence-corrected chi connectivity index (χ1v) is 6.64. The maximum absolute atomic E-state index is 13.0. The number of ether oxygens (including phenoxy) is 2. The van der Waals surface area contributed by atoms with Crippen molar-refractivity contribution in [2.24, 2.45) is 0 Å². The average molecular weight is 293 g/mol. The molecule has 0 aromatic heterocycles. The van der Waals surface area contributed by atoms with Gasteiger partial charge in [0.2, 0.25) is 0 Å². The molecule has 112 valence electrons. The van der Waals surface area contributed by atoms with Crippen LogP contribution in [0.3, 0.4) is 0 Å². The van der Waals surface area contributed by atoms with Crippen LogP contribution in [-0.4, -0.2) is 20.3 Å². The highest BCUT2D eigenvalue weighted by atomic mass is 19.2. The van der Waals surface area contributed by atoms with Crippen molar-refractivity contribution in [2.75, 3.05) is 20.3 Å². The Morgan fingerprint density at radius 2 is 1.71 bits per heavy atom. The summed E-state index contributed by atoms with van der Waals surface area (Å²) in [6.45, 7) is 1.28. The number of hydrogen-bond acceptors (Lipinski definition) is 3. The molecule has 2 rings (SSSR count). The van der Waals surface area contributed by atoms with E-state index in [0.29, 0.717) is 13.2 Å². The van der Waals surface area contributed by atoms with Crippen LogP contribution in [0.2, 0.25) is 0 Å². The molecule has 0 aliphatic heterocycles. The summed E-state index contributed by atoms with van der Waals surface area (Å²) in [5.74, 6) is -0.755. The Bertz CT molecular complexity index is 590. The molecule has 21 heavy (non-hydrogen) atoms. The largest absolute Gasteiger partial charge is 0.490 e. The molecule has 0 bridgehead atoms. The predicted molar refractivity (Wildman–Crippen MR) is 76.6 cm³/mol. The third-order valence-corrected chi connectivity index (χ3v) is 2.84. The second-order valence-corrected chi connectivity index (χ2v) is 4.41. The average Bonchev–Trinajstić information content (AvgIpc) is 2.49. The summed E-state index contributed by atoms with van der Waals surface area (Å²) in [4.78, 5) is 0. The Balaban J connectivity index is 1.83. The smallest absolute Gasteiger partial charge is 0.162 e. The van der Waals surface area contributed by atoms with Gasteiger partial charge in [0.05, 0.1) is 0 Å². The molecule has 0 saturated carbocycles. The summed E-state index contributed by atoms with van der Waals surface area (Å²) < 4.78 is 36.7. The first-order chi connectivity index (χ1) is 10.2. The fourth-order valence-electron chi connectivity index (χ4n) is 1.86. The van der Waals surface area contributed by atoms with Crippen molar-refractivity contribution in [1.82, 2.24) is 5.32 Å². The number of nitrogens with one attached hydrogen (secondary N) is 1. The highest BCUT2D eigenvalue weighted by Crippen LogP contribution is 2.18. The molecule has 0 aliphatic carbocycles. The van der Waals surface area contributed by atoms with E-state index in [1.165, 1.54) is 6.07 Å². The van der Waals surface area contributed by atoms with Crippen molar-refractivity contribution >= 4 is 0 Å². The lowest BCUT2D eigenvalue weighted by molar-refractivity contribution is 0.215. The maximum Gasteiger partial charge on any atom is 0.162 e. The van der Waals surface area contributed by atoms with Gasteiger partial charge in [0.15, 0.2) is 11.6 Å². The number of hydrogen-bond donors (Lipinski definition) is 1. The van der Waals surface area contributed by atoms with E-state index in [1.54, 1.807) is 0 Å². The normalized spacial score (nSPS) is 10.4. The first kappa shape index (κ1) is 15.3. The Morgan fingerprint density at radius 3 is 2.48 bits per heavy atom. The maximum atomic E-state index is 13.0. The molecule has 0 saturated heterocycles. The van der Waals surface area contributed by atoms with Crippen LogP contribution in [0, 0.1) is 11.6 Å². The van der Waals surface area contributed by atoms with Gasteiger partial charge in [0.25, 0.3) is 0 Å². The zero-order valence-electron chi connectivity index (χ0n) is 11.7. The second kappa shape index (κ2) is 7.59. The van der Waals surface area contributed by atoms with Gasteiger partial charge in [-0.25, -0.2) is 8.78 Å². The van der Waals surface area contributed by atoms with E-state index >= 15 is 0 Å². The lowest BCUT2D eigenvalue weighted by Gasteiger charge is -2.12. The van der Waals surface area contributed by atoms with Crippen molar-refractivity contribution in [3.8, 4) is 11.5 Å². The van der Waals surface area contributed by atoms with Gasteiger partial charge in [-0.05, 0) is 25.2 Å². The number of rotatable bonds is 7. The van der Waals surface area contributed by atoms with Crippen LogP contribution in [-0.2, 0) is 6.54 Å². The summed E-state index contributed by atoms with van der Waals surface area (Å²) in [5, 5.41) is 3.06. The molecule has 0 heterocycles. The van der Waals surface area contributed by atoms with Crippen molar-refractivity contribution in [2.45, 2.75) is 6.54 Å². The fraction of sp³-hybridized carbons (Fsp3) is 0.250. The van der Waals surface area contributed by atoms with Crippen molar-refractivity contribution in [3.63, 3.8) is 0 Å². The van der Waals surface area contributed by atoms with Gasteiger partial charge >= 0.3 is 0 Å². The molecular formula is C16H17F2NO2. The Kier molecular flexibility index (Phi) is 5.51. The monoisotopic (exact) mass is 293 g/mol. The van der Waals surface area contributed by atoms with Crippen LogP contribution in [0.1, 0.15) is 5.56 Å². The van der Waals surface area contributed by atoms with E-state index in [1.807, 2.05) is 31.3 Å². The van der Waals surface area contributed by atoms with E-state index < -0.39 is 11.6 Å². The highest BCUT2D eigenvalue weighted by molar-refractivity contribution is 5.33. The Morgan fingerprint density at radius 1 is 0.952 bits per heavy atom. The minimum absolute atomic E-state index is 0.249. The Hall–Kier alpha value is -2.14. The molecule has 5 heteroatoms. The van der Waals surface area contributed by atoms with Gasteiger partial charge in [0, 0.05) is 18.2 Å². The van der Waals surface area contributed by atoms with Crippen LogP contribution in [0.15, 0.2) is 42.5 Å². The molecule has 0 fully saturated rings. The third-order valence-electron chi connectivity index (χ3n) is 2.84. The fourth-order valence-corrected chi connectivity index (χ4v) is 1.86. The molecule has 2 aromatic carbocycles. The molecule has 0 amide bonds. The first-order valence-electron chi connectivity index (χ1n) is 6.64. The molecule has 2 aromatic rings. The highest BCUT2D eigenvalue weighted by Gasteiger charge is 2.04. The summed E-state index contributed by atoms with van der Waals surface area (Å²) >= 11 is 0. The lowest BCUT2D eigenvalue weighted by Crippen LogP contribution is -2.12. The van der Waals surface area contributed by atoms with Crippen LogP contribution in [0.25, 0.3) is 0 Å². The van der Waals surface area contributed by atoms with Gasteiger partial charge in [-0.15, -0.1) is 0 Å². The molecule has 0 atom stereocenters. The molecule has 0 unspecified atom stereocenters. The van der Waals surface area contributed by atoms with Crippen molar-refractivity contribution in [3.05, 3.63) is 59.7 Å². The van der Waals surface area contributed by atoms with Crippen molar-refractivity contribution in [1.29, 1.82) is 0 Å². The summed E-state index contributed by atoms with van der Waals surface area (Å²) in [6, 6.07) is 11.1. The van der Waals surface area contributed by atoms with Gasteiger partial charge < -0.3 is 14.8 Å². The number of para-hydroxylation sites is 1. The number of halogens is 2. The topological polar surface area (TPSA) is 30.5 Å². The van der Waals surface area contributed by atoms with Gasteiger partial charge in [-0.3, -0.25) is 0 Å². The molecule has 1 N–H and O–H groups in total. The predicted octanol–water partition coefficient (Wildman–Crippen LogP) is 3.14. The van der Waals surface area contributed by atoms with Crippen LogP contribution < -0.4 is 14.8 Å². The van der Waals surface area contributed by atoms with E-state index in [-0.39, 0.29) is 12.4 Å². The standard InChI is InChI=1S/C16H17F2NO2/c1-19-11-12-4-2-3-5-16(12)21-9-8-20-13-6-7-14(17)15(18)10-13/h2-7,10,19H,8-9,11H2,1H3. The quantitative estimate of drug-likeness (QED) is 0.796. The minimum Gasteiger partial charge on any atom is -0.490 e. The van der Waals surface area contributed by atoms with Crippen LogP contribution in [0.4, 0.5) is 8.78 Å². The van der Waals surface area contributed by atoms with E-state index in [0.717, 1.165) is 23.4 Å². The summed E-state index contributed by atoms with van der Waals surface area (Å²) in [7, 11) is 1.86. The van der Waals surface area contributed by atoms with E-state index in [2.05, 4.69) is 5.32 Å².